The van der Waals surface area contributed by atoms with Gasteiger partial charge in [-0.2, -0.15) is 21.5 Å². The molecule has 7 heteroatoms. The average Bonchev–Trinajstić information content (AvgIpc) is 2.74. The van der Waals surface area contributed by atoms with E-state index in [2.05, 4.69) is 26.9 Å². The molecule has 0 radical (unpaired) electrons. The molecule has 2 N–H and O–H groups in total. The Kier molecular flexibility index (Phi) is 5.05. The van der Waals surface area contributed by atoms with Crippen LogP contribution in [0.2, 0.25) is 0 Å². The van der Waals surface area contributed by atoms with E-state index in [9.17, 15) is 0 Å². The largest absolute Gasteiger partial charge is 0.384 e. The first-order valence-electron chi connectivity index (χ1n) is 8.18. The van der Waals surface area contributed by atoms with Crippen LogP contribution in [-0.4, -0.2) is 43.8 Å². The summed E-state index contributed by atoms with van der Waals surface area (Å²) in [7, 11) is 0. The van der Waals surface area contributed by atoms with E-state index in [1.807, 2.05) is 30.8 Å². The topological polar surface area (TPSA) is 72.9 Å². The van der Waals surface area contributed by atoms with Crippen molar-refractivity contribution in [2.75, 3.05) is 29.5 Å². The van der Waals surface area contributed by atoms with Crippen molar-refractivity contribution in [1.82, 2.24) is 19.7 Å². The molecule has 3 heterocycles. The number of aryl methyl sites for hydroxylation is 1. The van der Waals surface area contributed by atoms with E-state index < -0.39 is 0 Å². The molecule has 2 aromatic rings. The van der Waals surface area contributed by atoms with E-state index >= 15 is 0 Å². The fourth-order valence-corrected chi connectivity index (χ4v) is 4.10. The smallest absolute Gasteiger partial charge is 0.161 e. The number of rotatable bonds is 4. The number of nitrogen functional groups attached to an aromatic ring is 1. The number of thioether (sulfide) groups is 1. The highest BCUT2D eigenvalue weighted by Gasteiger charge is 2.20. The van der Waals surface area contributed by atoms with Crippen LogP contribution in [0.5, 0.6) is 0 Å². The van der Waals surface area contributed by atoms with Gasteiger partial charge in [0.2, 0.25) is 0 Å². The summed E-state index contributed by atoms with van der Waals surface area (Å²) in [6, 6.07) is 3.84. The van der Waals surface area contributed by atoms with E-state index in [4.69, 9.17) is 5.73 Å². The van der Waals surface area contributed by atoms with Crippen molar-refractivity contribution in [3.63, 3.8) is 0 Å². The summed E-state index contributed by atoms with van der Waals surface area (Å²) < 4.78 is 1.68. The molecule has 6 nitrogen and oxygen atoms in total. The van der Waals surface area contributed by atoms with Crippen LogP contribution in [0.25, 0.3) is 5.82 Å². The van der Waals surface area contributed by atoms with Crippen molar-refractivity contribution in [3.05, 3.63) is 24.2 Å². The predicted molar refractivity (Wildman–Crippen MR) is 96.3 cm³/mol. The van der Waals surface area contributed by atoms with Gasteiger partial charge in [0, 0.05) is 30.5 Å². The quantitative estimate of drug-likeness (QED) is 0.928. The Morgan fingerprint density at radius 3 is 2.83 bits per heavy atom. The van der Waals surface area contributed by atoms with E-state index in [0.29, 0.717) is 11.1 Å². The highest BCUT2D eigenvalue weighted by molar-refractivity contribution is 7.99. The molecular weight excluding hydrogens is 308 g/mol. The number of nitrogens with two attached hydrogens (primary N) is 1. The molecular formula is C16H24N6S. The van der Waals surface area contributed by atoms with Gasteiger partial charge in [0.05, 0.1) is 5.69 Å². The van der Waals surface area contributed by atoms with Crippen LogP contribution in [0, 0.1) is 6.92 Å². The SMILES string of the molecule is CCSC1CCCCN(c2cc(-n3nc(C)cc3N)ncn2)C1. The zero-order valence-electron chi connectivity index (χ0n) is 13.8. The average molecular weight is 332 g/mol. The lowest BCUT2D eigenvalue weighted by Gasteiger charge is -2.25. The summed E-state index contributed by atoms with van der Waals surface area (Å²) in [4.78, 5) is 11.2. The van der Waals surface area contributed by atoms with Gasteiger partial charge >= 0.3 is 0 Å². The van der Waals surface area contributed by atoms with Gasteiger partial charge in [-0.3, -0.25) is 0 Å². The summed E-state index contributed by atoms with van der Waals surface area (Å²) in [6.45, 7) is 6.25. The van der Waals surface area contributed by atoms with Crippen molar-refractivity contribution in [3.8, 4) is 5.82 Å². The van der Waals surface area contributed by atoms with Gasteiger partial charge in [0.1, 0.15) is 18.0 Å². The Balaban J connectivity index is 1.85. The monoisotopic (exact) mass is 332 g/mol. The Labute approximate surface area is 141 Å². The number of hydrogen-bond acceptors (Lipinski definition) is 6. The molecule has 1 fully saturated rings. The third-order valence-corrected chi connectivity index (χ3v) is 5.26. The number of anilines is 2. The van der Waals surface area contributed by atoms with Gasteiger partial charge in [0.25, 0.3) is 0 Å². The maximum Gasteiger partial charge on any atom is 0.161 e. The van der Waals surface area contributed by atoms with Gasteiger partial charge in [-0.25, -0.2) is 9.97 Å². The molecule has 124 valence electrons. The predicted octanol–water partition coefficient (Wildman–Crippen LogP) is 2.66. The molecule has 1 atom stereocenters. The second kappa shape index (κ2) is 7.21. The fraction of sp³-hybridized carbons (Fsp3) is 0.562. The zero-order chi connectivity index (χ0) is 16.2. The molecule has 1 unspecified atom stereocenters. The molecule has 1 aliphatic heterocycles. The lowest BCUT2D eigenvalue weighted by molar-refractivity contribution is 0.735. The Morgan fingerprint density at radius 1 is 1.26 bits per heavy atom. The lowest BCUT2D eigenvalue weighted by Crippen LogP contribution is -2.30. The van der Waals surface area contributed by atoms with Gasteiger partial charge < -0.3 is 10.6 Å². The molecule has 0 amide bonds. The van der Waals surface area contributed by atoms with Gasteiger partial charge in [-0.1, -0.05) is 13.3 Å². The van der Waals surface area contributed by atoms with E-state index in [-0.39, 0.29) is 0 Å². The Bertz CT molecular complexity index is 656. The van der Waals surface area contributed by atoms with Crippen LogP contribution < -0.4 is 10.6 Å². The first-order chi connectivity index (χ1) is 11.2. The highest BCUT2D eigenvalue weighted by Crippen LogP contribution is 2.25. The maximum absolute atomic E-state index is 6.01. The van der Waals surface area contributed by atoms with Crippen LogP contribution in [0.3, 0.4) is 0 Å². The molecule has 0 aliphatic carbocycles. The van der Waals surface area contributed by atoms with Crippen LogP contribution >= 0.6 is 11.8 Å². The van der Waals surface area contributed by atoms with E-state index in [1.165, 1.54) is 19.3 Å². The zero-order valence-corrected chi connectivity index (χ0v) is 14.6. The molecule has 1 aliphatic rings. The molecule has 0 spiro atoms. The minimum Gasteiger partial charge on any atom is -0.384 e. The second-order valence-corrected chi connectivity index (χ2v) is 7.45. The molecule has 0 aromatic carbocycles. The normalized spacial score (nSPS) is 18.9. The minimum absolute atomic E-state index is 0.599. The van der Waals surface area contributed by atoms with Crippen molar-refractivity contribution < 1.29 is 0 Å². The maximum atomic E-state index is 6.01. The second-order valence-electron chi connectivity index (χ2n) is 5.88. The number of hydrogen-bond donors (Lipinski definition) is 1. The summed E-state index contributed by atoms with van der Waals surface area (Å²) in [6.07, 6.45) is 5.40. The fourth-order valence-electron chi connectivity index (χ4n) is 3.01. The van der Waals surface area contributed by atoms with Crippen molar-refractivity contribution >= 4 is 23.4 Å². The number of aromatic nitrogens is 4. The standard InChI is InChI=1S/C16H24N6S/c1-3-23-13-6-4-5-7-21(10-13)15-9-16(19-11-18-15)22-14(17)8-12(2)20-22/h8-9,11,13H,3-7,10,17H2,1-2H3. The van der Waals surface area contributed by atoms with Gasteiger partial charge in [0.15, 0.2) is 5.82 Å². The Morgan fingerprint density at radius 2 is 2.09 bits per heavy atom. The van der Waals surface area contributed by atoms with E-state index in [0.717, 1.165) is 36.2 Å². The van der Waals surface area contributed by atoms with Crippen LogP contribution in [0.4, 0.5) is 11.6 Å². The third-order valence-electron chi connectivity index (χ3n) is 4.07. The number of nitrogens with zero attached hydrogens (tertiary/aromatic N) is 5. The minimum atomic E-state index is 0.599. The molecule has 1 saturated heterocycles. The van der Waals surface area contributed by atoms with Crippen LogP contribution in [0.1, 0.15) is 31.9 Å². The molecule has 0 saturated carbocycles. The molecule has 0 bridgehead atoms. The lowest BCUT2D eigenvalue weighted by atomic mass is 10.2. The molecule has 3 rings (SSSR count). The first-order valence-corrected chi connectivity index (χ1v) is 9.23. The van der Waals surface area contributed by atoms with Gasteiger partial charge in [-0.05, 0) is 25.5 Å². The first kappa shape index (κ1) is 16.1. The molecule has 23 heavy (non-hydrogen) atoms. The summed E-state index contributed by atoms with van der Waals surface area (Å²) in [5.74, 6) is 3.45. The Hall–Kier alpha value is -1.76. The van der Waals surface area contributed by atoms with Crippen molar-refractivity contribution in [1.29, 1.82) is 0 Å². The van der Waals surface area contributed by atoms with Crippen molar-refractivity contribution in [2.45, 2.75) is 38.4 Å². The van der Waals surface area contributed by atoms with Gasteiger partial charge in [-0.15, -0.1) is 0 Å². The van der Waals surface area contributed by atoms with Crippen LogP contribution in [-0.2, 0) is 0 Å². The van der Waals surface area contributed by atoms with E-state index in [1.54, 1.807) is 11.0 Å². The summed E-state index contributed by atoms with van der Waals surface area (Å²) >= 11 is 2.05. The van der Waals surface area contributed by atoms with Crippen molar-refractivity contribution in [2.24, 2.45) is 0 Å². The summed E-state index contributed by atoms with van der Waals surface area (Å²) in [5.41, 5.74) is 6.90. The molecule has 2 aromatic heterocycles. The summed E-state index contributed by atoms with van der Waals surface area (Å²) in [5, 5.41) is 5.09. The third kappa shape index (κ3) is 3.77. The highest BCUT2D eigenvalue weighted by atomic mass is 32.2. The van der Waals surface area contributed by atoms with Crippen LogP contribution in [0.15, 0.2) is 18.5 Å².